The Labute approximate surface area is 107 Å². The molecule has 0 aliphatic rings. The van der Waals surface area contributed by atoms with Crippen LogP contribution in [0, 0.1) is 10.1 Å². The standard InChI is InChI=1S/C11H11BrN2O3/c1-13(2)11(15)7-6-8-9(12)4-3-5-10(8)14(16)17/h3-7H,1-2H3/b7-6+. The lowest BCUT2D eigenvalue weighted by Gasteiger charge is -2.05. The predicted octanol–water partition coefficient (Wildman–Crippen LogP) is 2.46. The van der Waals surface area contributed by atoms with Crippen molar-refractivity contribution in [2.45, 2.75) is 0 Å². The third kappa shape index (κ3) is 3.39. The van der Waals surface area contributed by atoms with Crippen LogP contribution in [-0.4, -0.2) is 29.8 Å². The molecule has 0 radical (unpaired) electrons. The van der Waals surface area contributed by atoms with Crippen LogP contribution in [0.5, 0.6) is 0 Å². The van der Waals surface area contributed by atoms with Crippen LogP contribution in [-0.2, 0) is 4.79 Å². The molecule has 1 amide bonds. The highest BCUT2D eigenvalue weighted by Gasteiger charge is 2.13. The number of nitrogens with zero attached hydrogens (tertiary/aromatic N) is 2. The number of nitro benzene ring substituents is 1. The Morgan fingerprint density at radius 2 is 2.12 bits per heavy atom. The highest BCUT2D eigenvalue weighted by molar-refractivity contribution is 9.10. The van der Waals surface area contributed by atoms with Crippen LogP contribution in [0.4, 0.5) is 5.69 Å². The average molecular weight is 299 g/mol. The van der Waals surface area contributed by atoms with Crippen LogP contribution in [0.1, 0.15) is 5.56 Å². The van der Waals surface area contributed by atoms with E-state index in [0.29, 0.717) is 10.0 Å². The van der Waals surface area contributed by atoms with Gasteiger partial charge in [-0.3, -0.25) is 14.9 Å². The van der Waals surface area contributed by atoms with Gasteiger partial charge in [-0.25, -0.2) is 0 Å². The Morgan fingerprint density at radius 3 is 2.65 bits per heavy atom. The quantitative estimate of drug-likeness (QED) is 0.489. The van der Waals surface area contributed by atoms with Gasteiger partial charge in [0.2, 0.25) is 5.91 Å². The van der Waals surface area contributed by atoms with Gasteiger partial charge in [0.15, 0.2) is 0 Å². The molecule has 17 heavy (non-hydrogen) atoms. The molecule has 0 unspecified atom stereocenters. The Bertz CT molecular complexity index is 484. The summed E-state index contributed by atoms with van der Waals surface area (Å²) in [5, 5.41) is 10.8. The van der Waals surface area contributed by atoms with Gasteiger partial charge in [0.25, 0.3) is 5.69 Å². The first kappa shape index (κ1) is 13.4. The van der Waals surface area contributed by atoms with Crippen molar-refractivity contribution in [1.82, 2.24) is 4.90 Å². The van der Waals surface area contributed by atoms with Crippen LogP contribution in [0.3, 0.4) is 0 Å². The first-order valence-electron chi connectivity index (χ1n) is 4.75. The van der Waals surface area contributed by atoms with Gasteiger partial charge < -0.3 is 4.90 Å². The smallest absolute Gasteiger partial charge is 0.277 e. The molecule has 90 valence electrons. The molecule has 0 aliphatic heterocycles. The lowest BCUT2D eigenvalue weighted by atomic mass is 10.1. The number of amides is 1. The second-order valence-electron chi connectivity index (χ2n) is 3.50. The monoisotopic (exact) mass is 298 g/mol. The molecule has 6 heteroatoms. The molecular formula is C11H11BrN2O3. The van der Waals surface area contributed by atoms with Gasteiger partial charge in [-0.15, -0.1) is 0 Å². The van der Waals surface area contributed by atoms with Crippen LogP contribution in [0.25, 0.3) is 6.08 Å². The third-order valence-electron chi connectivity index (χ3n) is 2.06. The minimum absolute atomic E-state index is 0.0396. The van der Waals surface area contributed by atoms with Gasteiger partial charge in [0.1, 0.15) is 0 Å². The third-order valence-corrected chi connectivity index (χ3v) is 2.75. The summed E-state index contributed by atoms with van der Waals surface area (Å²) >= 11 is 3.22. The molecule has 1 aromatic rings. The van der Waals surface area contributed by atoms with Crippen molar-refractivity contribution >= 4 is 33.6 Å². The van der Waals surface area contributed by atoms with E-state index in [9.17, 15) is 14.9 Å². The van der Waals surface area contributed by atoms with Crippen molar-refractivity contribution in [3.8, 4) is 0 Å². The molecule has 0 atom stereocenters. The lowest BCUT2D eigenvalue weighted by molar-refractivity contribution is -0.385. The van der Waals surface area contributed by atoms with Gasteiger partial charge >= 0.3 is 0 Å². The highest BCUT2D eigenvalue weighted by Crippen LogP contribution is 2.27. The first-order valence-corrected chi connectivity index (χ1v) is 5.55. The Hall–Kier alpha value is -1.69. The predicted molar refractivity (Wildman–Crippen MR) is 68.5 cm³/mol. The largest absolute Gasteiger partial charge is 0.345 e. The zero-order chi connectivity index (χ0) is 13.0. The number of carbonyl (C=O) groups excluding carboxylic acids is 1. The fourth-order valence-corrected chi connectivity index (χ4v) is 1.64. The number of rotatable bonds is 3. The molecule has 1 aromatic carbocycles. The van der Waals surface area contributed by atoms with Crippen molar-refractivity contribution in [2.24, 2.45) is 0 Å². The molecule has 0 saturated heterocycles. The van der Waals surface area contributed by atoms with Crippen LogP contribution < -0.4 is 0 Å². The van der Waals surface area contributed by atoms with E-state index < -0.39 is 4.92 Å². The fraction of sp³-hybridized carbons (Fsp3) is 0.182. The lowest BCUT2D eigenvalue weighted by Crippen LogP contribution is -2.18. The maximum Gasteiger partial charge on any atom is 0.277 e. The molecule has 0 fully saturated rings. The molecule has 0 N–H and O–H groups in total. The van der Waals surface area contributed by atoms with Gasteiger partial charge in [-0.2, -0.15) is 0 Å². The highest BCUT2D eigenvalue weighted by atomic mass is 79.9. The molecule has 1 rings (SSSR count). The van der Waals surface area contributed by atoms with E-state index in [1.807, 2.05) is 0 Å². The zero-order valence-electron chi connectivity index (χ0n) is 9.38. The Kier molecular flexibility index (Phi) is 4.39. The number of hydrogen-bond acceptors (Lipinski definition) is 3. The van der Waals surface area contributed by atoms with E-state index >= 15 is 0 Å². The second-order valence-corrected chi connectivity index (χ2v) is 4.35. The number of carbonyl (C=O) groups is 1. The summed E-state index contributed by atoms with van der Waals surface area (Å²) in [5.74, 6) is -0.227. The van der Waals surface area contributed by atoms with Crippen molar-refractivity contribution < 1.29 is 9.72 Å². The van der Waals surface area contributed by atoms with E-state index in [1.165, 1.54) is 23.1 Å². The van der Waals surface area contributed by atoms with E-state index in [0.717, 1.165) is 0 Å². The summed E-state index contributed by atoms with van der Waals surface area (Å²) in [6.45, 7) is 0. The van der Waals surface area contributed by atoms with Gasteiger partial charge in [-0.1, -0.05) is 6.07 Å². The Balaban J connectivity index is 3.13. The minimum Gasteiger partial charge on any atom is -0.345 e. The van der Waals surface area contributed by atoms with E-state index in [4.69, 9.17) is 0 Å². The van der Waals surface area contributed by atoms with E-state index in [1.54, 1.807) is 26.2 Å². The molecule has 0 saturated carbocycles. The van der Waals surface area contributed by atoms with Crippen LogP contribution in [0.2, 0.25) is 0 Å². The number of likely N-dealkylation sites (N-methyl/N-ethyl adjacent to an activating group) is 1. The van der Waals surface area contributed by atoms with Crippen molar-refractivity contribution in [3.63, 3.8) is 0 Å². The maximum atomic E-state index is 11.4. The van der Waals surface area contributed by atoms with Crippen molar-refractivity contribution in [2.75, 3.05) is 14.1 Å². The molecule has 5 nitrogen and oxygen atoms in total. The topological polar surface area (TPSA) is 63.5 Å². The summed E-state index contributed by atoms with van der Waals surface area (Å²) in [5.41, 5.74) is 0.342. The molecular weight excluding hydrogens is 288 g/mol. The van der Waals surface area contributed by atoms with E-state index in [-0.39, 0.29) is 11.6 Å². The summed E-state index contributed by atoms with van der Waals surface area (Å²) < 4.78 is 0.578. The molecule has 0 aromatic heterocycles. The summed E-state index contributed by atoms with van der Waals surface area (Å²) in [6.07, 6.45) is 2.73. The van der Waals surface area contributed by atoms with E-state index in [2.05, 4.69) is 15.9 Å². The molecule has 0 heterocycles. The molecule has 0 aliphatic carbocycles. The number of halogens is 1. The van der Waals surface area contributed by atoms with Crippen LogP contribution >= 0.6 is 15.9 Å². The summed E-state index contributed by atoms with van der Waals surface area (Å²) in [6, 6.07) is 4.66. The minimum atomic E-state index is -0.482. The number of hydrogen-bond donors (Lipinski definition) is 0. The Morgan fingerprint density at radius 1 is 1.47 bits per heavy atom. The maximum absolute atomic E-state index is 11.4. The van der Waals surface area contributed by atoms with Gasteiger partial charge in [-0.05, 0) is 28.1 Å². The molecule has 0 bridgehead atoms. The number of benzene rings is 1. The summed E-state index contributed by atoms with van der Waals surface area (Å²) in [4.78, 5) is 23.1. The first-order chi connectivity index (χ1) is 7.93. The summed E-state index contributed by atoms with van der Waals surface area (Å²) in [7, 11) is 3.22. The van der Waals surface area contributed by atoms with Gasteiger partial charge in [0.05, 0.1) is 10.5 Å². The fourth-order valence-electron chi connectivity index (χ4n) is 1.15. The van der Waals surface area contributed by atoms with Crippen LogP contribution in [0.15, 0.2) is 28.7 Å². The normalized spacial score (nSPS) is 10.5. The van der Waals surface area contributed by atoms with Crippen molar-refractivity contribution in [3.05, 3.63) is 44.4 Å². The average Bonchev–Trinajstić information content (AvgIpc) is 2.26. The van der Waals surface area contributed by atoms with Gasteiger partial charge in [0, 0.05) is 30.7 Å². The number of nitro groups is 1. The van der Waals surface area contributed by atoms with Crippen molar-refractivity contribution in [1.29, 1.82) is 0 Å². The zero-order valence-corrected chi connectivity index (χ0v) is 11.0. The molecule has 0 spiro atoms. The second kappa shape index (κ2) is 5.58. The SMILES string of the molecule is CN(C)C(=O)/C=C/c1c(Br)cccc1[N+](=O)[O-].